The molecule has 86 valence electrons. The molecule has 1 fully saturated rings. The van der Waals surface area contributed by atoms with E-state index in [4.69, 9.17) is 0 Å². The van der Waals surface area contributed by atoms with Gasteiger partial charge < -0.3 is 10.6 Å². The minimum Gasteiger partial charge on any atom is -0.354 e. The minimum atomic E-state index is -0.288. The van der Waals surface area contributed by atoms with Crippen LogP contribution >= 0.6 is 0 Å². The van der Waals surface area contributed by atoms with E-state index < -0.39 is 0 Å². The van der Waals surface area contributed by atoms with E-state index in [1.165, 1.54) is 12.8 Å². The Morgan fingerprint density at radius 1 is 1.47 bits per heavy atom. The van der Waals surface area contributed by atoms with Crippen molar-refractivity contribution in [2.75, 3.05) is 6.54 Å². The zero-order valence-electron chi connectivity index (χ0n) is 9.34. The van der Waals surface area contributed by atoms with E-state index in [1.807, 2.05) is 0 Å². The Hall–Kier alpha value is -1.06. The van der Waals surface area contributed by atoms with Gasteiger partial charge in [0.25, 0.3) is 0 Å². The highest BCUT2D eigenvalue weighted by molar-refractivity contribution is 5.90. The van der Waals surface area contributed by atoms with E-state index in [2.05, 4.69) is 17.6 Å². The molecule has 1 saturated heterocycles. The van der Waals surface area contributed by atoms with Gasteiger partial charge in [-0.05, 0) is 12.8 Å². The van der Waals surface area contributed by atoms with Crippen LogP contribution < -0.4 is 10.6 Å². The Labute approximate surface area is 90.8 Å². The van der Waals surface area contributed by atoms with Crippen molar-refractivity contribution in [2.24, 2.45) is 0 Å². The first-order valence-electron chi connectivity index (χ1n) is 5.81. The molecule has 0 spiro atoms. The molecule has 0 radical (unpaired) electrons. The van der Waals surface area contributed by atoms with Crippen molar-refractivity contribution in [3.63, 3.8) is 0 Å². The molecule has 0 aromatic rings. The van der Waals surface area contributed by atoms with Gasteiger partial charge in [0.05, 0.1) is 0 Å². The first kappa shape index (κ1) is 12.0. The lowest BCUT2D eigenvalue weighted by Crippen LogP contribution is -2.41. The van der Waals surface area contributed by atoms with Gasteiger partial charge in [0, 0.05) is 13.0 Å². The monoisotopic (exact) mass is 212 g/mol. The van der Waals surface area contributed by atoms with Crippen LogP contribution in [0.4, 0.5) is 0 Å². The predicted octanol–water partition coefficient (Wildman–Crippen LogP) is 0.961. The average Bonchev–Trinajstić information content (AvgIpc) is 2.64. The van der Waals surface area contributed by atoms with E-state index in [0.29, 0.717) is 12.8 Å². The van der Waals surface area contributed by atoms with Crippen LogP contribution in [-0.2, 0) is 9.59 Å². The van der Waals surface area contributed by atoms with Gasteiger partial charge in [-0.1, -0.05) is 26.2 Å². The summed E-state index contributed by atoms with van der Waals surface area (Å²) in [4.78, 5) is 22.4. The summed E-state index contributed by atoms with van der Waals surface area (Å²) in [6.07, 6.45) is 5.73. The lowest BCUT2D eigenvalue weighted by molar-refractivity contribution is -0.125. The summed E-state index contributed by atoms with van der Waals surface area (Å²) in [6, 6.07) is -0.288. The van der Waals surface area contributed by atoms with Gasteiger partial charge in [0.15, 0.2) is 0 Å². The first-order chi connectivity index (χ1) is 7.24. The summed E-state index contributed by atoms with van der Waals surface area (Å²) in [5.74, 6) is -0.0431. The van der Waals surface area contributed by atoms with Crippen LogP contribution in [0.5, 0.6) is 0 Å². The summed E-state index contributed by atoms with van der Waals surface area (Å²) < 4.78 is 0. The van der Waals surface area contributed by atoms with Crippen LogP contribution in [-0.4, -0.2) is 24.4 Å². The third-order valence-electron chi connectivity index (χ3n) is 2.64. The highest BCUT2D eigenvalue weighted by Crippen LogP contribution is 2.06. The molecule has 1 aliphatic heterocycles. The number of hydrogen-bond donors (Lipinski definition) is 2. The van der Waals surface area contributed by atoms with Crippen molar-refractivity contribution in [2.45, 2.75) is 51.5 Å². The second-order valence-electron chi connectivity index (χ2n) is 4.01. The number of carbonyl (C=O) groups is 2. The molecule has 0 bridgehead atoms. The van der Waals surface area contributed by atoms with E-state index in [0.717, 1.165) is 19.4 Å². The fourth-order valence-electron chi connectivity index (χ4n) is 1.70. The smallest absolute Gasteiger partial charge is 0.242 e. The maximum atomic E-state index is 11.5. The Morgan fingerprint density at radius 2 is 2.27 bits per heavy atom. The fraction of sp³-hybridized carbons (Fsp3) is 0.818. The number of carbonyl (C=O) groups excluding carboxylic acids is 2. The molecular formula is C11H20N2O2. The standard InChI is InChI=1S/C11H20N2O2/c1-2-3-4-5-8-12-11(15)9-6-7-10(14)13-9/h9H,2-8H2,1H3,(H,12,15)(H,13,14). The second kappa shape index (κ2) is 6.43. The molecule has 0 saturated carbocycles. The van der Waals surface area contributed by atoms with Gasteiger partial charge in [0.1, 0.15) is 6.04 Å². The minimum absolute atomic E-state index is 0.0128. The number of unbranched alkanes of at least 4 members (excludes halogenated alkanes) is 3. The van der Waals surface area contributed by atoms with Gasteiger partial charge >= 0.3 is 0 Å². The van der Waals surface area contributed by atoms with E-state index in [9.17, 15) is 9.59 Å². The maximum Gasteiger partial charge on any atom is 0.242 e. The van der Waals surface area contributed by atoms with Crippen molar-refractivity contribution in [3.8, 4) is 0 Å². The molecule has 15 heavy (non-hydrogen) atoms. The lowest BCUT2D eigenvalue weighted by Gasteiger charge is -2.10. The fourth-order valence-corrected chi connectivity index (χ4v) is 1.70. The van der Waals surface area contributed by atoms with Crippen LogP contribution in [0.25, 0.3) is 0 Å². The van der Waals surface area contributed by atoms with Crippen molar-refractivity contribution in [3.05, 3.63) is 0 Å². The number of nitrogens with one attached hydrogen (secondary N) is 2. The molecule has 1 aliphatic rings. The summed E-state index contributed by atoms with van der Waals surface area (Å²) >= 11 is 0. The molecule has 1 rings (SSSR count). The van der Waals surface area contributed by atoms with Crippen LogP contribution in [0.3, 0.4) is 0 Å². The third kappa shape index (κ3) is 4.32. The molecule has 2 N–H and O–H groups in total. The zero-order chi connectivity index (χ0) is 11.1. The molecule has 0 aromatic carbocycles. The third-order valence-corrected chi connectivity index (χ3v) is 2.64. The van der Waals surface area contributed by atoms with Crippen molar-refractivity contribution < 1.29 is 9.59 Å². The molecule has 0 aromatic heterocycles. The van der Waals surface area contributed by atoms with E-state index >= 15 is 0 Å². The van der Waals surface area contributed by atoms with Gasteiger partial charge in [-0.2, -0.15) is 0 Å². The molecular weight excluding hydrogens is 192 g/mol. The van der Waals surface area contributed by atoms with Crippen LogP contribution in [0.2, 0.25) is 0 Å². The van der Waals surface area contributed by atoms with Crippen molar-refractivity contribution >= 4 is 11.8 Å². The van der Waals surface area contributed by atoms with Gasteiger partial charge in [0.2, 0.25) is 11.8 Å². The second-order valence-corrected chi connectivity index (χ2v) is 4.01. The Kier molecular flexibility index (Phi) is 5.15. The Balaban J connectivity index is 2.06. The molecule has 1 atom stereocenters. The Bertz CT molecular complexity index is 229. The number of amides is 2. The zero-order valence-corrected chi connectivity index (χ0v) is 9.34. The molecule has 4 heteroatoms. The van der Waals surface area contributed by atoms with Gasteiger partial charge in [-0.15, -0.1) is 0 Å². The van der Waals surface area contributed by atoms with Crippen molar-refractivity contribution in [1.29, 1.82) is 0 Å². The average molecular weight is 212 g/mol. The predicted molar refractivity (Wildman–Crippen MR) is 58.3 cm³/mol. The first-order valence-corrected chi connectivity index (χ1v) is 5.81. The normalized spacial score (nSPS) is 20.1. The highest BCUT2D eigenvalue weighted by atomic mass is 16.2. The summed E-state index contributed by atoms with van der Waals surface area (Å²) in [5, 5.41) is 5.51. The van der Waals surface area contributed by atoms with Crippen LogP contribution in [0.15, 0.2) is 0 Å². The largest absolute Gasteiger partial charge is 0.354 e. The van der Waals surface area contributed by atoms with Gasteiger partial charge in [-0.25, -0.2) is 0 Å². The van der Waals surface area contributed by atoms with E-state index in [1.54, 1.807) is 0 Å². The number of rotatable bonds is 6. The maximum absolute atomic E-state index is 11.5. The van der Waals surface area contributed by atoms with Crippen LogP contribution in [0.1, 0.15) is 45.4 Å². The topological polar surface area (TPSA) is 58.2 Å². The van der Waals surface area contributed by atoms with Crippen LogP contribution in [0, 0.1) is 0 Å². The molecule has 0 aliphatic carbocycles. The molecule has 1 heterocycles. The SMILES string of the molecule is CCCCCCNC(=O)C1CCC(=O)N1. The highest BCUT2D eigenvalue weighted by Gasteiger charge is 2.26. The number of hydrogen-bond acceptors (Lipinski definition) is 2. The Morgan fingerprint density at radius 3 is 2.87 bits per heavy atom. The quantitative estimate of drug-likeness (QED) is 0.644. The lowest BCUT2D eigenvalue weighted by atomic mass is 10.2. The van der Waals surface area contributed by atoms with Crippen molar-refractivity contribution in [1.82, 2.24) is 10.6 Å². The molecule has 1 unspecified atom stereocenters. The van der Waals surface area contributed by atoms with Gasteiger partial charge in [-0.3, -0.25) is 9.59 Å². The summed E-state index contributed by atoms with van der Waals surface area (Å²) in [7, 11) is 0. The molecule has 4 nitrogen and oxygen atoms in total. The molecule has 2 amide bonds. The summed E-state index contributed by atoms with van der Waals surface area (Å²) in [6.45, 7) is 2.89. The van der Waals surface area contributed by atoms with E-state index in [-0.39, 0.29) is 17.9 Å². The summed E-state index contributed by atoms with van der Waals surface area (Å²) in [5.41, 5.74) is 0.